The molecule has 0 aromatic rings. The van der Waals surface area contributed by atoms with E-state index >= 15 is 0 Å². The summed E-state index contributed by atoms with van der Waals surface area (Å²) in [7, 11) is 1.24. The third kappa shape index (κ3) is 3.02. The zero-order valence-electron chi connectivity index (χ0n) is 4.01. The summed E-state index contributed by atoms with van der Waals surface area (Å²) in [6, 6.07) is 0. The Morgan fingerprint density at radius 1 is 1.86 bits per heavy atom. The highest BCUT2D eigenvalue weighted by Crippen LogP contribution is 1.73. The van der Waals surface area contributed by atoms with E-state index in [0.29, 0.717) is 6.29 Å². The van der Waals surface area contributed by atoms with Crippen LogP contribution >= 0.6 is 0 Å². The molecule has 7 heavy (non-hydrogen) atoms. The van der Waals surface area contributed by atoms with Gasteiger partial charge in [0.05, 0.1) is 6.42 Å². The number of carbonyl (C=O) groups excluding carboxylic acids is 2. The molecule has 0 saturated heterocycles. The molecular formula is C3H5BO3. The summed E-state index contributed by atoms with van der Waals surface area (Å²) in [5.74, 6) is -0.491. The predicted molar refractivity (Wildman–Crippen MR) is 25.3 cm³/mol. The summed E-state index contributed by atoms with van der Waals surface area (Å²) in [5.41, 5.74) is 0. The van der Waals surface area contributed by atoms with Crippen molar-refractivity contribution in [1.82, 2.24) is 0 Å². The number of hydrogen-bond acceptors (Lipinski definition) is 3. The van der Waals surface area contributed by atoms with Crippen molar-refractivity contribution >= 4 is 20.3 Å². The SMILES string of the molecule is BOC(=O)CC=O. The first-order valence-electron chi connectivity index (χ1n) is 1.81. The Balaban J connectivity index is 3.17. The van der Waals surface area contributed by atoms with Crippen molar-refractivity contribution in [2.45, 2.75) is 6.42 Å². The molecule has 0 N–H and O–H groups in total. The third-order valence-electron chi connectivity index (χ3n) is 0.478. The highest BCUT2D eigenvalue weighted by Gasteiger charge is 1.92. The number of hydrogen-bond donors (Lipinski definition) is 0. The Bertz CT molecular complexity index is 80.2. The molecule has 0 rings (SSSR count). The van der Waals surface area contributed by atoms with Gasteiger partial charge in [-0.15, -0.1) is 0 Å². The molecule has 0 radical (unpaired) electrons. The molecule has 4 heteroatoms. The maximum absolute atomic E-state index is 9.96. The van der Waals surface area contributed by atoms with Crippen LogP contribution < -0.4 is 0 Å². The molecule has 0 fully saturated rings. The third-order valence-corrected chi connectivity index (χ3v) is 0.478. The maximum atomic E-state index is 9.96. The van der Waals surface area contributed by atoms with Gasteiger partial charge >= 0.3 is 8.05 Å². The predicted octanol–water partition coefficient (Wildman–Crippen LogP) is -1.33. The van der Waals surface area contributed by atoms with E-state index in [9.17, 15) is 9.59 Å². The molecule has 0 heterocycles. The molecule has 0 saturated carbocycles. The van der Waals surface area contributed by atoms with Crippen LogP contribution in [0.5, 0.6) is 0 Å². The minimum Gasteiger partial charge on any atom is -0.543 e. The van der Waals surface area contributed by atoms with Gasteiger partial charge in [0.2, 0.25) is 0 Å². The number of rotatable bonds is 2. The van der Waals surface area contributed by atoms with Gasteiger partial charge in [-0.25, -0.2) is 0 Å². The summed E-state index contributed by atoms with van der Waals surface area (Å²) in [6.07, 6.45) is 0.363. The Morgan fingerprint density at radius 3 is 2.57 bits per heavy atom. The van der Waals surface area contributed by atoms with Crippen LogP contribution in [-0.4, -0.2) is 20.3 Å². The van der Waals surface area contributed by atoms with E-state index < -0.39 is 5.97 Å². The second kappa shape index (κ2) is 3.40. The average molecular weight is 99.9 g/mol. The molecule has 0 aliphatic rings. The molecule has 0 unspecified atom stereocenters. The van der Waals surface area contributed by atoms with Crippen LogP contribution in [0.4, 0.5) is 0 Å². The monoisotopic (exact) mass is 100 g/mol. The van der Waals surface area contributed by atoms with Crippen molar-refractivity contribution in [1.29, 1.82) is 0 Å². The van der Waals surface area contributed by atoms with E-state index in [0.717, 1.165) is 0 Å². The lowest BCUT2D eigenvalue weighted by molar-refractivity contribution is -0.135. The number of aldehydes is 1. The van der Waals surface area contributed by atoms with Crippen molar-refractivity contribution in [2.24, 2.45) is 0 Å². The normalized spacial score (nSPS) is 7.43. The molecule has 0 aromatic carbocycles. The van der Waals surface area contributed by atoms with Gasteiger partial charge < -0.3 is 9.45 Å². The maximum Gasteiger partial charge on any atom is 0.325 e. The van der Waals surface area contributed by atoms with Crippen molar-refractivity contribution in [3.63, 3.8) is 0 Å². The van der Waals surface area contributed by atoms with Crippen LogP contribution in [0, 0.1) is 0 Å². The fourth-order valence-electron chi connectivity index (χ4n) is 0.151. The minimum atomic E-state index is -0.491. The molecule has 38 valence electrons. The van der Waals surface area contributed by atoms with E-state index in [4.69, 9.17) is 0 Å². The standard InChI is InChI=1S/C3H5BO3/c4-7-3(6)1-2-5/h2H,1,4H2. The van der Waals surface area contributed by atoms with Gasteiger partial charge in [-0.3, -0.25) is 4.79 Å². The summed E-state index contributed by atoms with van der Waals surface area (Å²) in [6.45, 7) is 0. The zero-order valence-corrected chi connectivity index (χ0v) is 4.01. The van der Waals surface area contributed by atoms with Crippen molar-refractivity contribution in [2.75, 3.05) is 0 Å². The van der Waals surface area contributed by atoms with Gasteiger partial charge in [0.25, 0.3) is 5.97 Å². The fraction of sp³-hybridized carbons (Fsp3) is 0.333. The van der Waals surface area contributed by atoms with E-state index in [1.807, 2.05) is 0 Å². The van der Waals surface area contributed by atoms with E-state index in [2.05, 4.69) is 4.65 Å². The first-order chi connectivity index (χ1) is 3.31. The van der Waals surface area contributed by atoms with Gasteiger partial charge in [0.15, 0.2) is 0 Å². The van der Waals surface area contributed by atoms with Crippen LogP contribution in [0.2, 0.25) is 0 Å². The second-order valence-corrected chi connectivity index (χ2v) is 0.947. The molecule has 0 atom stereocenters. The van der Waals surface area contributed by atoms with Crippen LogP contribution in [-0.2, 0) is 14.2 Å². The molecule has 0 bridgehead atoms. The van der Waals surface area contributed by atoms with Gasteiger partial charge in [0, 0.05) is 0 Å². The van der Waals surface area contributed by atoms with E-state index in [1.165, 1.54) is 8.05 Å². The molecule has 0 aliphatic carbocycles. The lowest BCUT2D eigenvalue weighted by Crippen LogP contribution is -2.00. The molecule has 0 spiro atoms. The highest BCUT2D eigenvalue weighted by molar-refractivity contribution is 6.06. The Morgan fingerprint density at radius 2 is 2.43 bits per heavy atom. The van der Waals surface area contributed by atoms with Gasteiger partial charge in [-0.2, -0.15) is 0 Å². The second-order valence-electron chi connectivity index (χ2n) is 0.947. The Labute approximate surface area is 42.1 Å². The van der Waals surface area contributed by atoms with Crippen molar-refractivity contribution in [3.05, 3.63) is 0 Å². The number of carbonyl (C=O) groups is 2. The van der Waals surface area contributed by atoms with Crippen LogP contribution in [0.15, 0.2) is 0 Å². The zero-order chi connectivity index (χ0) is 5.70. The highest BCUT2D eigenvalue weighted by atomic mass is 16.5. The smallest absolute Gasteiger partial charge is 0.325 e. The summed E-state index contributed by atoms with van der Waals surface area (Å²) < 4.78 is 4.12. The molecule has 0 amide bonds. The van der Waals surface area contributed by atoms with Gasteiger partial charge in [-0.05, 0) is 0 Å². The Hall–Kier alpha value is -0.795. The van der Waals surface area contributed by atoms with Crippen LogP contribution in [0.25, 0.3) is 0 Å². The van der Waals surface area contributed by atoms with Crippen molar-refractivity contribution < 1.29 is 14.2 Å². The van der Waals surface area contributed by atoms with Gasteiger partial charge in [-0.1, -0.05) is 0 Å². The van der Waals surface area contributed by atoms with Crippen LogP contribution in [0.3, 0.4) is 0 Å². The topological polar surface area (TPSA) is 43.4 Å². The van der Waals surface area contributed by atoms with E-state index in [-0.39, 0.29) is 6.42 Å². The first kappa shape index (κ1) is 6.20. The minimum absolute atomic E-state index is 0.142. The van der Waals surface area contributed by atoms with Crippen molar-refractivity contribution in [3.8, 4) is 0 Å². The average Bonchev–Trinajstić information content (AvgIpc) is 1.68. The summed E-state index contributed by atoms with van der Waals surface area (Å²) in [4.78, 5) is 19.4. The molecular weight excluding hydrogens is 94.8 g/mol. The fourth-order valence-corrected chi connectivity index (χ4v) is 0.151. The molecule has 0 aromatic heterocycles. The van der Waals surface area contributed by atoms with Gasteiger partial charge in [0.1, 0.15) is 6.29 Å². The van der Waals surface area contributed by atoms with Crippen LogP contribution in [0.1, 0.15) is 6.42 Å². The lowest BCUT2D eigenvalue weighted by atomic mass is 10.4. The molecule has 0 aliphatic heterocycles. The van der Waals surface area contributed by atoms with E-state index in [1.54, 1.807) is 0 Å². The quantitative estimate of drug-likeness (QED) is 0.245. The Kier molecular flexibility index (Phi) is 3.01. The lowest BCUT2D eigenvalue weighted by Gasteiger charge is -1.87. The largest absolute Gasteiger partial charge is 0.543 e. The molecule has 3 nitrogen and oxygen atoms in total. The first-order valence-corrected chi connectivity index (χ1v) is 1.81. The summed E-state index contributed by atoms with van der Waals surface area (Å²) >= 11 is 0. The summed E-state index contributed by atoms with van der Waals surface area (Å²) in [5, 5.41) is 0.